The van der Waals surface area contributed by atoms with Crippen LogP contribution in [0.3, 0.4) is 0 Å². The highest BCUT2D eigenvalue weighted by Crippen LogP contribution is 2.27. The zero-order valence-corrected chi connectivity index (χ0v) is 19.4. The molecule has 3 heterocycles. The van der Waals surface area contributed by atoms with E-state index < -0.39 is 22.0 Å². The van der Waals surface area contributed by atoms with Crippen LogP contribution in [0.25, 0.3) is 16.6 Å². The van der Waals surface area contributed by atoms with Crippen LogP contribution in [0.4, 0.5) is 4.39 Å². The summed E-state index contributed by atoms with van der Waals surface area (Å²) >= 11 is 0. The van der Waals surface area contributed by atoms with Crippen LogP contribution in [0.15, 0.2) is 60.1 Å². The lowest BCUT2D eigenvalue weighted by atomic mass is 10.0. The molecule has 0 radical (unpaired) electrons. The van der Waals surface area contributed by atoms with Gasteiger partial charge in [-0.2, -0.15) is 5.10 Å². The monoisotopic (exact) mass is 482 g/mol. The Morgan fingerprint density at radius 1 is 1.18 bits per heavy atom. The van der Waals surface area contributed by atoms with Gasteiger partial charge in [-0.05, 0) is 49.2 Å². The molecule has 0 saturated heterocycles. The maximum absolute atomic E-state index is 13.3. The van der Waals surface area contributed by atoms with Gasteiger partial charge < -0.3 is 5.32 Å². The predicted molar refractivity (Wildman–Crippen MR) is 124 cm³/mol. The highest BCUT2D eigenvalue weighted by Gasteiger charge is 2.25. The topological polar surface area (TPSA) is 133 Å². The van der Waals surface area contributed by atoms with Crippen LogP contribution in [0.5, 0.6) is 0 Å². The fourth-order valence-electron chi connectivity index (χ4n) is 3.81. The van der Waals surface area contributed by atoms with Crippen molar-refractivity contribution in [2.45, 2.75) is 37.8 Å². The number of benzene rings is 1. The number of pyridine rings is 2. The molecule has 3 N–H and O–H groups in total. The lowest BCUT2D eigenvalue weighted by molar-refractivity contribution is 0.0935. The Morgan fingerprint density at radius 3 is 2.59 bits per heavy atom. The van der Waals surface area contributed by atoms with Crippen LogP contribution in [-0.2, 0) is 10.0 Å². The fraction of sp³-hybridized carbons (Fsp3) is 0.217. The maximum atomic E-state index is 13.3. The molecule has 4 aromatic rings. The van der Waals surface area contributed by atoms with Gasteiger partial charge in [0.1, 0.15) is 5.82 Å². The van der Waals surface area contributed by atoms with Gasteiger partial charge in [-0.3, -0.25) is 9.78 Å². The molecule has 0 aliphatic rings. The number of nitrogens with zero attached hydrogens (tertiary/aromatic N) is 4. The Kier molecular flexibility index (Phi) is 6.40. The van der Waals surface area contributed by atoms with Crippen LogP contribution in [-0.4, -0.2) is 34.1 Å². The average Bonchev–Trinajstić information content (AvgIpc) is 3.22. The second kappa shape index (κ2) is 9.27. The number of nitrogens with two attached hydrogens (primary N) is 1. The van der Waals surface area contributed by atoms with Crippen molar-refractivity contribution in [2.24, 2.45) is 5.14 Å². The van der Waals surface area contributed by atoms with Crippen molar-refractivity contribution < 1.29 is 17.6 Å². The third-order valence-corrected chi connectivity index (χ3v) is 6.24. The lowest BCUT2D eigenvalue weighted by Crippen LogP contribution is -2.31. The van der Waals surface area contributed by atoms with Crippen LogP contribution < -0.4 is 10.5 Å². The SMILES string of the molecule is CCCC(NC(=O)c1cncc2c1cnn2-c1ccc(F)cc1)c1cc(C)cnc1S(N)(=O)=O. The number of sulfonamides is 1. The number of rotatable bonds is 7. The van der Waals surface area contributed by atoms with Crippen molar-refractivity contribution in [3.8, 4) is 5.69 Å². The minimum atomic E-state index is -4.09. The molecule has 0 bridgehead atoms. The van der Waals surface area contributed by atoms with Crippen LogP contribution in [0, 0.1) is 12.7 Å². The van der Waals surface area contributed by atoms with Gasteiger partial charge in [0, 0.05) is 23.3 Å². The average molecular weight is 483 g/mol. The molecular formula is C23H23FN6O3S. The van der Waals surface area contributed by atoms with E-state index >= 15 is 0 Å². The van der Waals surface area contributed by atoms with E-state index in [0.29, 0.717) is 35.0 Å². The molecule has 4 rings (SSSR count). The fourth-order valence-corrected chi connectivity index (χ4v) is 4.54. The van der Waals surface area contributed by atoms with E-state index in [1.54, 1.807) is 36.0 Å². The standard InChI is InChI=1S/C23H23FN6O3S/c1-3-4-20(17-9-14(2)10-27-23(17)34(25,32)33)29-22(31)19-11-26-13-21-18(19)12-28-30(21)16-7-5-15(24)6-8-16/h5-13,20H,3-4H2,1-2H3,(H,29,31)(H2,25,32,33). The molecule has 1 aromatic carbocycles. The van der Waals surface area contributed by atoms with E-state index in [1.165, 1.54) is 30.7 Å². The summed E-state index contributed by atoms with van der Waals surface area (Å²) < 4.78 is 39.1. The summed E-state index contributed by atoms with van der Waals surface area (Å²) in [6.07, 6.45) is 7.09. The summed E-state index contributed by atoms with van der Waals surface area (Å²) in [6.45, 7) is 3.71. The predicted octanol–water partition coefficient (Wildman–Crippen LogP) is 3.18. The second-order valence-electron chi connectivity index (χ2n) is 7.92. The number of nitrogens with one attached hydrogen (secondary N) is 1. The van der Waals surface area contributed by atoms with Crippen molar-refractivity contribution in [3.05, 3.63) is 77.6 Å². The first kappa shape index (κ1) is 23.5. The molecular weight excluding hydrogens is 459 g/mol. The number of aryl methyl sites for hydroxylation is 1. The normalized spacial score (nSPS) is 12.6. The highest BCUT2D eigenvalue weighted by atomic mass is 32.2. The maximum Gasteiger partial charge on any atom is 0.255 e. The summed E-state index contributed by atoms with van der Waals surface area (Å²) in [6, 6.07) is 6.82. The van der Waals surface area contributed by atoms with Gasteiger partial charge in [0.15, 0.2) is 5.03 Å². The number of hydrogen-bond acceptors (Lipinski definition) is 6. The molecule has 9 nitrogen and oxygen atoms in total. The molecule has 11 heteroatoms. The first-order valence-electron chi connectivity index (χ1n) is 10.6. The number of hydrogen-bond donors (Lipinski definition) is 2. The molecule has 0 fully saturated rings. The number of fused-ring (bicyclic) bond motifs is 1. The highest BCUT2D eigenvalue weighted by molar-refractivity contribution is 7.89. The first-order valence-corrected chi connectivity index (χ1v) is 12.1. The van der Waals surface area contributed by atoms with E-state index in [-0.39, 0.29) is 16.4 Å². The summed E-state index contributed by atoms with van der Waals surface area (Å²) in [7, 11) is -4.09. The van der Waals surface area contributed by atoms with Crippen molar-refractivity contribution in [2.75, 3.05) is 0 Å². The Hall–Kier alpha value is -3.70. The van der Waals surface area contributed by atoms with Gasteiger partial charge in [0.05, 0.1) is 35.2 Å². The quantitative estimate of drug-likeness (QED) is 0.416. The molecule has 0 aliphatic carbocycles. The number of carbonyl (C=O) groups is 1. The number of halogens is 1. The minimum Gasteiger partial charge on any atom is -0.345 e. The van der Waals surface area contributed by atoms with E-state index in [4.69, 9.17) is 5.14 Å². The summed E-state index contributed by atoms with van der Waals surface area (Å²) in [5.41, 5.74) is 2.52. The minimum absolute atomic E-state index is 0.266. The molecule has 34 heavy (non-hydrogen) atoms. The number of carbonyl (C=O) groups excluding carboxylic acids is 1. The van der Waals surface area contributed by atoms with Crippen LogP contribution >= 0.6 is 0 Å². The van der Waals surface area contributed by atoms with Gasteiger partial charge in [0.25, 0.3) is 15.9 Å². The Morgan fingerprint density at radius 2 is 1.91 bits per heavy atom. The third-order valence-electron chi connectivity index (χ3n) is 5.36. The van der Waals surface area contributed by atoms with Gasteiger partial charge in [-0.15, -0.1) is 0 Å². The molecule has 176 valence electrons. The van der Waals surface area contributed by atoms with Crippen molar-refractivity contribution in [3.63, 3.8) is 0 Å². The Labute approximate surface area is 195 Å². The van der Waals surface area contributed by atoms with E-state index in [0.717, 1.165) is 5.56 Å². The third kappa shape index (κ3) is 4.66. The summed E-state index contributed by atoms with van der Waals surface area (Å²) in [5, 5.41) is 12.9. The first-order chi connectivity index (χ1) is 16.2. The number of aromatic nitrogens is 4. The van der Waals surface area contributed by atoms with Crippen LogP contribution in [0.1, 0.15) is 47.3 Å². The molecule has 1 atom stereocenters. The number of primary sulfonamides is 1. The van der Waals surface area contributed by atoms with Crippen molar-refractivity contribution in [1.82, 2.24) is 25.1 Å². The molecule has 0 spiro atoms. The van der Waals surface area contributed by atoms with Crippen molar-refractivity contribution >= 4 is 26.8 Å². The molecule has 1 unspecified atom stereocenters. The molecule has 0 aliphatic heterocycles. The zero-order valence-electron chi connectivity index (χ0n) is 18.6. The Bertz CT molecular complexity index is 1470. The largest absolute Gasteiger partial charge is 0.345 e. The lowest BCUT2D eigenvalue weighted by Gasteiger charge is -2.21. The second-order valence-corrected chi connectivity index (χ2v) is 9.40. The zero-order chi connectivity index (χ0) is 24.5. The van der Waals surface area contributed by atoms with E-state index in [9.17, 15) is 17.6 Å². The van der Waals surface area contributed by atoms with E-state index in [1.807, 2.05) is 6.92 Å². The van der Waals surface area contributed by atoms with E-state index in [2.05, 4.69) is 20.4 Å². The molecule has 3 aromatic heterocycles. The van der Waals surface area contributed by atoms with Crippen molar-refractivity contribution in [1.29, 1.82) is 0 Å². The molecule has 1 amide bonds. The smallest absolute Gasteiger partial charge is 0.255 e. The van der Waals surface area contributed by atoms with Gasteiger partial charge in [0.2, 0.25) is 0 Å². The Balaban J connectivity index is 1.72. The van der Waals surface area contributed by atoms with Gasteiger partial charge in [-0.25, -0.2) is 27.6 Å². The number of amides is 1. The summed E-state index contributed by atoms with van der Waals surface area (Å²) in [4.78, 5) is 21.5. The molecule has 0 saturated carbocycles. The van der Waals surface area contributed by atoms with Gasteiger partial charge in [-0.1, -0.05) is 13.3 Å². The van der Waals surface area contributed by atoms with Crippen LogP contribution in [0.2, 0.25) is 0 Å². The summed E-state index contributed by atoms with van der Waals surface area (Å²) in [5.74, 6) is -0.818. The van der Waals surface area contributed by atoms with Gasteiger partial charge >= 0.3 is 0 Å².